The summed E-state index contributed by atoms with van der Waals surface area (Å²) >= 11 is 7.55. The van der Waals surface area contributed by atoms with Crippen LogP contribution in [0.3, 0.4) is 0 Å². The van der Waals surface area contributed by atoms with Gasteiger partial charge in [-0.3, -0.25) is 0 Å². The molecule has 0 bridgehead atoms. The molecule has 1 N–H and O–H groups in total. The summed E-state index contributed by atoms with van der Waals surface area (Å²) in [7, 11) is 0. The van der Waals surface area contributed by atoms with E-state index in [1.807, 2.05) is 13.0 Å². The van der Waals surface area contributed by atoms with Crippen molar-refractivity contribution in [1.82, 2.24) is 0 Å². The van der Waals surface area contributed by atoms with Crippen LogP contribution >= 0.6 is 22.9 Å². The molecule has 1 unspecified atom stereocenters. The first-order chi connectivity index (χ1) is 10.6. The minimum Gasteiger partial charge on any atom is -0.449 e. The first-order valence-corrected chi connectivity index (χ1v) is 8.59. The molecule has 22 heavy (non-hydrogen) atoms. The average molecular weight is 343 g/mol. The zero-order chi connectivity index (χ0) is 15.7. The highest BCUT2D eigenvalue weighted by molar-refractivity contribution is 7.12. The van der Waals surface area contributed by atoms with E-state index in [2.05, 4.69) is 6.92 Å². The van der Waals surface area contributed by atoms with E-state index >= 15 is 0 Å². The van der Waals surface area contributed by atoms with Gasteiger partial charge in [-0.1, -0.05) is 6.92 Å². The van der Waals surface area contributed by atoms with E-state index in [4.69, 9.17) is 25.5 Å². The zero-order valence-electron chi connectivity index (χ0n) is 12.6. The van der Waals surface area contributed by atoms with Crippen LogP contribution in [-0.2, 0) is 15.9 Å². The van der Waals surface area contributed by atoms with E-state index in [-0.39, 0.29) is 6.29 Å². The van der Waals surface area contributed by atoms with E-state index < -0.39 is 6.10 Å². The number of hydrogen-bond donors (Lipinski definition) is 1. The van der Waals surface area contributed by atoms with Crippen molar-refractivity contribution in [2.24, 2.45) is 0 Å². The molecule has 0 saturated carbocycles. The standard InChI is InChI=1S/C16H19ClO4S/c1-3-4-12-11(8-14(17)21-12)15(18)10-7-13(22-9(10)2)16-19-5-6-20-16/h7-8,15-16,18H,3-6H2,1-2H3. The first kappa shape index (κ1) is 16.0. The number of thiophene rings is 1. The van der Waals surface area contributed by atoms with E-state index in [1.165, 1.54) is 0 Å². The Balaban J connectivity index is 1.90. The Labute approximate surface area is 138 Å². The van der Waals surface area contributed by atoms with Crippen LogP contribution in [0.5, 0.6) is 0 Å². The Morgan fingerprint density at radius 2 is 2.05 bits per heavy atom. The summed E-state index contributed by atoms with van der Waals surface area (Å²) in [5.74, 6) is 0.750. The maximum Gasteiger partial charge on any atom is 0.193 e. The van der Waals surface area contributed by atoms with Crippen molar-refractivity contribution in [1.29, 1.82) is 0 Å². The maximum absolute atomic E-state index is 10.8. The van der Waals surface area contributed by atoms with Crippen molar-refractivity contribution >= 4 is 22.9 Å². The second-order valence-electron chi connectivity index (χ2n) is 5.32. The van der Waals surface area contributed by atoms with E-state index in [1.54, 1.807) is 17.4 Å². The molecule has 2 aromatic rings. The van der Waals surface area contributed by atoms with Crippen LogP contribution in [0, 0.1) is 6.92 Å². The normalized spacial score (nSPS) is 17.3. The number of hydrogen-bond acceptors (Lipinski definition) is 5. The third kappa shape index (κ3) is 3.09. The predicted octanol–water partition coefficient (Wildman–Crippen LogP) is 4.38. The molecular formula is C16H19ClO4S. The molecular weight excluding hydrogens is 324 g/mol. The van der Waals surface area contributed by atoms with Crippen molar-refractivity contribution in [3.05, 3.63) is 44.0 Å². The molecule has 0 radical (unpaired) electrons. The molecule has 1 aliphatic rings. The topological polar surface area (TPSA) is 51.8 Å². The summed E-state index contributed by atoms with van der Waals surface area (Å²) in [6, 6.07) is 3.66. The SMILES string of the molecule is CCCc1oc(Cl)cc1C(O)c1cc(C2OCCO2)sc1C. The van der Waals surface area contributed by atoms with Gasteiger partial charge in [-0.15, -0.1) is 11.3 Å². The molecule has 0 amide bonds. The Morgan fingerprint density at radius 3 is 2.73 bits per heavy atom. The quantitative estimate of drug-likeness (QED) is 0.876. The van der Waals surface area contributed by atoms with E-state index in [0.717, 1.165) is 39.5 Å². The molecule has 1 fully saturated rings. The van der Waals surface area contributed by atoms with Crippen LogP contribution < -0.4 is 0 Å². The third-order valence-corrected chi connectivity index (χ3v) is 4.98. The Morgan fingerprint density at radius 1 is 1.32 bits per heavy atom. The van der Waals surface area contributed by atoms with Crippen LogP contribution in [0.1, 0.15) is 52.4 Å². The fourth-order valence-corrected chi connectivity index (χ4v) is 3.93. The van der Waals surface area contributed by atoms with Gasteiger partial charge in [0.1, 0.15) is 11.9 Å². The molecule has 120 valence electrons. The number of aliphatic hydroxyl groups is 1. The van der Waals surface area contributed by atoms with Crippen LogP contribution in [0.2, 0.25) is 5.22 Å². The number of rotatable bonds is 5. The van der Waals surface area contributed by atoms with Crippen LogP contribution in [0.4, 0.5) is 0 Å². The minimum atomic E-state index is -0.746. The van der Waals surface area contributed by atoms with E-state index in [0.29, 0.717) is 18.4 Å². The summed E-state index contributed by atoms with van der Waals surface area (Å²) in [4.78, 5) is 2.03. The fourth-order valence-electron chi connectivity index (χ4n) is 2.66. The summed E-state index contributed by atoms with van der Waals surface area (Å²) < 4.78 is 16.6. The summed E-state index contributed by atoms with van der Waals surface area (Å²) in [6.07, 6.45) is 0.627. The molecule has 3 rings (SSSR count). The highest BCUT2D eigenvalue weighted by Gasteiger charge is 2.26. The van der Waals surface area contributed by atoms with Gasteiger partial charge in [-0.05, 0) is 36.6 Å². The van der Waals surface area contributed by atoms with Gasteiger partial charge in [0, 0.05) is 22.9 Å². The lowest BCUT2D eigenvalue weighted by atomic mass is 10.0. The Hall–Kier alpha value is -0.850. The molecule has 1 saturated heterocycles. The second-order valence-corrected chi connectivity index (χ2v) is 6.98. The lowest BCUT2D eigenvalue weighted by molar-refractivity contribution is -0.0414. The van der Waals surface area contributed by atoms with Gasteiger partial charge in [-0.25, -0.2) is 0 Å². The lowest BCUT2D eigenvalue weighted by Crippen LogP contribution is -2.02. The van der Waals surface area contributed by atoms with Crippen molar-refractivity contribution < 1.29 is 19.0 Å². The van der Waals surface area contributed by atoms with Gasteiger partial charge >= 0.3 is 0 Å². The van der Waals surface area contributed by atoms with Crippen LogP contribution in [0.25, 0.3) is 0 Å². The van der Waals surface area contributed by atoms with Gasteiger partial charge < -0.3 is 19.0 Å². The number of ether oxygens (including phenoxy) is 2. The smallest absolute Gasteiger partial charge is 0.193 e. The maximum atomic E-state index is 10.8. The molecule has 6 heteroatoms. The largest absolute Gasteiger partial charge is 0.449 e. The second kappa shape index (κ2) is 6.72. The zero-order valence-corrected chi connectivity index (χ0v) is 14.2. The molecule has 0 aromatic carbocycles. The van der Waals surface area contributed by atoms with Gasteiger partial charge in [-0.2, -0.15) is 0 Å². The number of aryl methyl sites for hydroxylation is 2. The van der Waals surface area contributed by atoms with Gasteiger partial charge in [0.25, 0.3) is 0 Å². The number of aliphatic hydroxyl groups excluding tert-OH is 1. The minimum absolute atomic E-state index is 0.312. The third-order valence-electron chi connectivity index (χ3n) is 3.71. The Bertz CT molecular complexity index is 643. The van der Waals surface area contributed by atoms with E-state index in [9.17, 15) is 5.11 Å². The molecule has 0 aliphatic carbocycles. The summed E-state index contributed by atoms with van der Waals surface area (Å²) in [5, 5.41) is 11.1. The highest BCUT2D eigenvalue weighted by Crippen LogP contribution is 2.38. The van der Waals surface area contributed by atoms with Crippen LogP contribution in [-0.4, -0.2) is 18.3 Å². The van der Waals surface area contributed by atoms with Crippen molar-refractivity contribution in [2.45, 2.75) is 39.1 Å². The molecule has 1 atom stereocenters. The fraction of sp³-hybridized carbons (Fsp3) is 0.500. The van der Waals surface area contributed by atoms with Crippen molar-refractivity contribution in [2.75, 3.05) is 13.2 Å². The molecule has 1 aliphatic heterocycles. The highest BCUT2D eigenvalue weighted by atomic mass is 35.5. The average Bonchev–Trinajstić information content (AvgIpc) is 3.18. The van der Waals surface area contributed by atoms with Gasteiger partial charge in [0.15, 0.2) is 11.5 Å². The summed E-state index contributed by atoms with van der Waals surface area (Å²) in [5.41, 5.74) is 1.60. The Kier molecular flexibility index (Phi) is 4.90. The van der Waals surface area contributed by atoms with Crippen LogP contribution in [0.15, 0.2) is 16.5 Å². The summed E-state index contributed by atoms with van der Waals surface area (Å²) in [6.45, 7) is 5.27. The lowest BCUT2D eigenvalue weighted by Gasteiger charge is -2.10. The monoisotopic (exact) mass is 342 g/mol. The van der Waals surface area contributed by atoms with Gasteiger partial charge in [0.2, 0.25) is 0 Å². The molecule has 2 aromatic heterocycles. The molecule has 4 nitrogen and oxygen atoms in total. The predicted molar refractivity (Wildman–Crippen MR) is 85.5 cm³/mol. The van der Waals surface area contributed by atoms with Gasteiger partial charge in [0.05, 0.1) is 18.1 Å². The first-order valence-electron chi connectivity index (χ1n) is 7.39. The van der Waals surface area contributed by atoms with Crippen molar-refractivity contribution in [3.63, 3.8) is 0 Å². The van der Waals surface area contributed by atoms with Crippen molar-refractivity contribution in [3.8, 4) is 0 Å². The number of furan rings is 1. The number of halogens is 1. The molecule has 0 spiro atoms. The molecule has 3 heterocycles.